The molecule has 2 aromatic heterocycles. The summed E-state index contributed by atoms with van der Waals surface area (Å²) in [6.45, 7) is 4.84. The summed E-state index contributed by atoms with van der Waals surface area (Å²) in [5, 5.41) is 11.6. The van der Waals surface area contributed by atoms with Crippen LogP contribution >= 0.6 is 0 Å². The maximum Gasteiger partial charge on any atom is 0.183 e. The lowest BCUT2D eigenvalue weighted by Crippen LogP contribution is -2.08. The summed E-state index contributed by atoms with van der Waals surface area (Å²) in [6, 6.07) is 10.4. The molecule has 6 heteroatoms. The van der Waals surface area contributed by atoms with Gasteiger partial charge in [0, 0.05) is 6.54 Å². The van der Waals surface area contributed by atoms with Gasteiger partial charge in [0.2, 0.25) is 0 Å². The van der Waals surface area contributed by atoms with Gasteiger partial charge >= 0.3 is 0 Å². The van der Waals surface area contributed by atoms with Gasteiger partial charge in [-0.2, -0.15) is 0 Å². The van der Waals surface area contributed by atoms with Gasteiger partial charge in [-0.3, -0.25) is 0 Å². The van der Waals surface area contributed by atoms with Gasteiger partial charge in [0.25, 0.3) is 0 Å². The van der Waals surface area contributed by atoms with Gasteiger partial charge in [-0.15, -0.1) is 5.10 Å². The molecule has 3 rings (SSSR count). The van der Waals surface area contributed by atoms with Gasteiger partial charge in [-0.05, 0) is 19.4 Å². The van der Waals surface area contributed by atoms with E-state index in [1.807, 2.05) is 25.1 Å². The van der Waals surface area contributed by atoms with Gasteiger partial charge in [0.1, 0.15) is 6.33 Å². The monoisotopic (exact) mass is 268 g/mol. The molecule has 1 aromatic carbocycles. The minimum absolute atomic E-state index is 0.140. The van der Waals surface area contributed by atoms with Gasteiger partial charge < -0.3 is 5.32 Å². The summed E-state index contributed by atoms with van der Waals surface area (Å²) in [5.74, 6) is 0.714. The second-order valence-electron chi connectivity index (χ2n) is 4.58. The van der Waals surface area contributed by atoms with Crippen LogP contribution in [0.4, 0.5) is 5.82 Å². The zero-order valence-corrected chi connectivity index (χ0v) is 11.5. The van der Waals surface area contributed by atoms with E-state index in [4.69, 9.17) is 0 Å². The van der Waals surface area contributed by atoms with Gasteiger partial charge in [0.15, 0.2) is 17.0 Å². The average molecular weight is 268 g/mol. The van der Waals surface area contributed by atoms with Crippen molar-refractivity contribution in [1.29, 1.82) is 0 Å². The zero-order chi connectivity index (χ0) is 13.9. The first-order valence-corrected chi connectivity index (χ1v) is 6.65. The quantitative estimate of drug-likeness (QED) is 0.787. The molecule has 0 bridgehead atoms. The summed E-state index contributed by atoms with van der Waals surface area (Å²) >= 11 is 0. The van der Waals surface area contributed by atoms with E-state index in [2.05, 4.69) is 44.7 Å². The summed E-state index contributed by atoms with van der Waals surface area (Å²) < 4.78 is 1.76. The molecule has 1 N–H and O–H groups in total. The Hall–Kier alpha value is -2.50. The van der Waals surface area contributed by atoms with Crippen LogP contribution in [0.3, 0.4) is 0 Å². The van der Waals surface area contributed by atoms with Crippen LogP contribution in [-0.2, 0) is 6.54 Å². The van der Waals surface area contributed by atoms with E-state index in [0.29, 0.717) is 11.3 Å². The lowest BCUT2D eigenvalue weighted by atomic mass is 10.1. The second-order valence-corrected chi connectivity index (χ2v) is 4.58. The standard InChI is InChI=1S/C14H16N6/c1-3-20-14-12(18-19-20)13(15-9-16-14)17-10(2)11-7-5-4-6-8-11/h4-10H,3H2,1-2H3,(H,15,16,17)/t10-/m1/s1. The number of hydrogen-bond donors (Lipinski definition) is 1. The Morgan fingerprint density at radius 2 is 2.00 bits per heavy atom. The van der Waals surface area contributed by atoms with Crippen molar-refractivity contribution in [2.45, 2.75) is 26.4 Å². The van der Waals surface area contributed by atoms with E-state index in [-0.39, 0.29) is 6.04 Å². The predicted octanol–water partition coefficient (Wildman–Crippen LogP) is 2.41. The van der Waals surface area contributed by atoms with Gasteiger partial charge in [0.05, 0.1) is 6.04 Å². The van der Waals surface area contributed by atoms with Crippen molar-refractivity contribution in [2.24, 2.45) is 0 Å². The lowest BCUT2D eigenvalue weighted by molar-refractivity contribution is 0.641. The van der Waals surface area contributed by atoms with E-state index >= 15 is 0 Å². The number of aromatic nitrogens is 5. The average Bonchev–Trinajstić information content (AvgIpc) is 2.92. The third kappa shape index (κ3) is 2.20. The van der Waals surface area contributed by atoms with Gasteiger partial charge in [-0.1, -0.05) is 35.5 Å². The Bertz CT molecular complexity index is 706. The molecule has 20 heavy (non-hydrogen) atoms. The number of fused-ring (bicyclic) bond motifs is 1. The van der Waals surface area contributed by atoms with Crippen LogP contribution in [0.5, 0.6) is 0 Å². The second kappa shape index (κ2) is 5.24. The maximum absolute atomic E-state index is 4.28. The van der Waals surface area contributed by atoms with Crippen molar-refractivity contribution in [1.82, 2.24) is 25.0 Å². The zero-order valence-electron chi connectivity index (χ0n) is 11.5. The van der Waals surface area contributed by atoms with Crippen LogP contribution < -0.4 is 5.32 Å². The third-order valence-corrected chi connectivity index (χ3v) is 3.25. The fraction of sp³-hybridized carbons (Fsp3) is 0.286. The maximum atomic E-state index is 4.28. The minimum atomic E-state index is 0.140. The number of nitrogens with zero attached hydrogens (tertiary/aromatic N) is 5. The highest BCUT2D eigenvalue weighted by Gasteiger charge is 2.13. The van der Waals surface area contributed by atoms with Crippen LogP contribution in [0, 0.1) is 0 Å². The molecule has 0 aliphatic carbocycles. The highest BCUT2D eigenvalue weighted by Crippen LogP contribution is 2.21. The first kappa shape index (κ1) is 12.5. The number of aryl methyl sites for hydroxylation is 1. The molecule has 0 saturated heterocycles. The number of nitrogens with one attached hydrogen (secondary N) is 1. The number of rotatable bonds is 4. The molecule has 1 atom stereocenters. The molecule has 0 spiro atoms. The molecular formula is C14H16N6. The normalized spacial score (nSPS) is 12.5. The summed E-state index contributed by atoms with van der Waals surface area (Å²) in [4.78, 5) is 8.52. The van der Waals surface area contributed by atoms with Crippen molar-refractivity contribution in [3.05, 3.63) is 42.2 Å². The van der Waals surface area contributed by atoms with E-state index in [1.54, 1.807) is 4.68 Å². The van der Waals surface area contributed by atoms with Crippen LogP contribution in [0.15, 0.2) is 36.7 Å². The van der Waals surface area contributed by atoms with Crippen LogP contribution in [0.25, 0.3) is 11.2 Å². The Labute approximate surface area is 116 Å². The number of anilines is 1. The lowest BCUT2D eigenvalue weighted by Gasteiger charge is -2.14. The highest BCUT2D eigenvalue weighted by molar-refractivity contribution is 5.81. The fourth-order valence-electron chi connectivity index (χ4n) is 2.14. The molecule has 0 aliphatic rings. The van der Waals surface area contributed by atoms with E-state index in [9.17, 15) is 0 Å². The molecule has 6 nitrogen and oxygen atoms in total. The topological polar surface area (TPSA) is 68.5 Å². The van der Waals surface area contributed by atoms with Crippen molar-refractivity contribution < 1.29 is 0 Å². The van der Waals surface area contributed by atoms with E-state index in [1.165, 1.54) is 11.9 Å². The molecule has 3 aromatic rings. The molecular weight excluding hydrogens is 252 g/mol. The Morgan fingerprint density at radius 1 is 1.20 bits per heavy atom. The smallest absolute Gasteiger partial charge is 0.183 e. The summed E-state index contributed by atoms with van der Waals surface area (Å²) in [6.07, 6.45) is 1.54. The molecule has 0 aliphatic heterocycles. The van der Waals surface area contributed by atoms with Crippen molar-refractivity contribution in [2.75, 3.05) is 5.32 Å². The molecule has 0 radical (unpaired) electrons. The van der Waals surface area contributed by atoms with Crippen LogP contribution in [-0.4, -0.2) is 25.0 Å². The van der Waals surface area contributed by atoms with Crippen LogP contribution in [0.2, 0.25) is 0 Å². The van der Waals surface area contributed by atoms with E-state index in [0.717, 1.165) is 12.2 Å². The van der Waals surface area contributed by atoms with Crippen molar-refractivity contribution in [3.8, 4) is 0 Å². The predicted molar refractivity (Wildman–Crippen MR) is 77.3 cm³/mol. The first-order chi connectivity index (χ1) is 9.79. The van der Waals surface area contributed by atoms with Gasteiger partial charge in [-0.25, -0.2) is 14.6 Å². The molecule has 2 heterocycles. The molecule has 0 amide bonds. The molecule has 0 fully saturated rings. The summed E-state index contributed by atoms with van der Waals surface area (Å²) in [7, 11) is 0. The Kier molecular flexibility index (Phi) is 3.28. The molecule has 0 saturated carbocycles. The molecule has 102 valence electrons. The SMILES string of the molecule is CCn1nnc2c(N[C@H](C)c3ccccc3)ncnc21. The number of hydrogen-bond acceptors (Lipinski definition) is 5. The van der Waals surface area contributed by atoms with Crippen molar-refractivity contribution in [3.63, 3.8) is 0 Å². The molecule has 0 unspecified atom stereocenters. The number of benzene rings is 1. The van der Waals surface area contributed by atoms with Crippen LogP contribution in [0.1, 0.15) is 25.5 Å². The largest absolute Gasteiger partial charge is 0.362 e. The van der Waals surface area contributed by atoms with E-state index < -0.39 is 0 Å². The summed E-state index contributed by atoms with van der Waals surface area (Å²) in [5.41, 5.74) is 2.66. The minimum Gasteiger partial charge on any atom is -0.362 e. The Morgan fingerprint density at radius 3 is 2.75 bits per heavy atom. The Balaban J connectivity index is 1.93. The van der Waals surface area contributed by atoms with Crippen molar-refractivity contribution >= 4 is 17.0 Å². The fourth-order valence-corrected chi connectivity index (χ4v) is 2.14. The third-order valence-electron chi connectivity index (χ3n) is 3.25. The highest BCUT2D eigenvalue weighted by atomic mass is 15.4. The first-order valence-electron chi connectivity index (χ1n) is 6.65.